The van der Waals surface area contributed by atoms with Crippen LogP contribution in [-0.2, 0) is 4.79 Å². The zero-order chi connectivity index (χ0) is 11.3. The first kappa shape index (κ1) is 12.5. The summed E-state index contributed by atoms with van der Waals surface area (Å²) in [4.78, 5) is 12.9. The van der Waals surface area contributed by atoms with Crippen LogP contribution < -0.4 is 5.32 Å². The lowest BCUT2D eigenvalue weighted by Crippen LogP contribution is -2.28. The lowest BCUT2D eigenvalue weighted by molar-refractivity contribution is -0.128. The minimum absolute atomic E-state index is 0.172. The van der Waals surface area contributed by atoms with Crippen LogP contribution in [0.25, 0.3) is 0 Å². The Bertz CT molecular complexity index is 213. The number of aliphatic hydroxyl groups is 1. The molecule has 4 nitrogen and oxygen atoms in total. The first-order valence-corrected chi connectivity index (χ1v) is 5.61. The molecular formula is C11H22N2O2. The molecule has 0 bridgehead atoms. The smallest absolute Gasteiger partial charge is 0.222 e. The maximum atomic E-state index is 11.2. The van der Waals surface area contributed by atoms with Crippen LogP contribution in [0.4, 0.5) is 0 Å². The van der Waals surface area contributed by atoms with Gasteiger partial charge in [-0.25, -0.2) is 0 Å². The van der Waals surface area contributed by atoms with Gasteiger partial charge in [-0.2, -0.15) is 0 Å². The van der Waals surface area contributed by atoms with Crippen LogP contribution in [0.5, 0.6) is 0 Å². The second-order valence-corrected chi connectivity index (χ2v) is 4.73. The molecule has 0 aromatic heterocycles. The Morgan fingerprint density at radius 2 is 2.13 bits per heavy atom. The number of amides is 1. The van der Waals surface area contributed by atoms with Crippen molar-refractivity contribution in [1.82, 2.24) is 10.2 Å². The lowest BCUT2D eigenvalue weighted by Gasteiger charge is -2.13. The number of hydrogen-bond acceptors (Lipinski definition) is 3. The van der Waals surface area contributed by atoms with E-state index in [0.717, 1.165) is 32.4 Å². The first-order chi connectivity index (χ1) is 7.09. The molecule has 0 atom stereocenters. The monoisotopic (exact) mass is 214 g/mol. The lowest BCUT2D eigenvalue weighted by atomic mass is 10.1. The SMILES string of the molecule is CN(C)C(=O)CCCNCC1(CO)CC1. The fraction of sp³-hybridized carbons (Fsp3) is 0.909. The quantitative estimate of drug-likeness (QED) is 0.596. The zero-order valence-corrected chi connectivity index (χ0v) is 9.75. The summed E-state index contributed by atoms with van der Waals surface area (Å²) < 4.78 is 0. The van der Waals surface area contributed by atoms with E-state index in [1.807, 2.05) is 0 Å². The van der Waals surface area contributed by atoms with E-state index >= 15 is 0 Å². The third kappa shape index (κ3) is 4.18. The van der Waals surface area contributed by atoms with Gasteiger partial charge in [-0.3, -0.25) is 4.79 Å². The molecule has 2 N–H and O–H groups in total. The van der Waals surface area contributed by atoms with Gasteiger partial charge in [0, 0.05) is 39.1 Å². The van der Waals surface area contributed by atoms with Crippen molar-refractivity contribution in [3.8, 4) is 0 Å². The third-order valence-corrected chi connectivity index (χ3v) is 3.04. The molecule has 1 saturated carbocycles. The number of nitrogens with one attached hydrogen (secondary N) is 1. The highest BCUT2D eigenvalue weighted by Crippen LogP contribution is 2.44. The standard InChI is InChI=1S/C11H22N2O2/c1-13(2)10(15)4-3-7-12-8-11(9-14)5-6-11/h12,14H,3-9H2,1-2H3. The summed E-state index contributed by atoms with van der Waals surface area (Å²) in [5.74, 6) is 0.181. The van der Waals surface area contributed by atoms with E-state index in [9.17, 15) is 4.79 Å². The van der Waals surface area contributed by atoms with Crippen molar-refractivity contribution in [2.75, 3.05) is 33.8 Å². The summed E-state index contributed by atoms with van der Waals surface area (Å²) in [6, 6.07) is 0. The number of carbonyl (C=O) groups excluding carboxylic acids is 1. The van der Waals surface area contributed by atoms with Gasteiger partial charge < -0.3 is 15.3 Å². The molecular weight excluding hydrogens is 192 g/mol. The van der Waals surface area contributed by atoms with Gasteiger partial charge in [0.15, 0.2) is 0 Å². The van der Waals surface area contributed by atoms with Crippen LogP contribution in [0.15, 0.2) is 0 Å². The van der Waals surface area contributed by atoms with E-state index in [4.69, 9.17) is 5.11 Å². The van der Waals surface area contributed by atoms with Crippen LogP contribution in [0.2, 0.25) is 0 Å². The minimum Gasteiger partial charge on any atom is -0.396 e. The molecule has 0 spiro atoms. The van der Waals surface area contributed by atoms with Crippen molar-refractivity contribution < 1.29 is 9.90 Å². The molecule has 0 aliphatic heterocycles. The molecule has 1 aliphatic carbocycles. The summed E-state index contributed by atoms with van der Waals surface area (Å²) in [5, 5.41) is 12.4. The van der Waals surface area contributed by atoms with E-state index in [1.165, 1.54) is 0 Å². The predicted octanol–water partition coefficient (Wildman–Crippen LogP) is 0.217. The van der Waals surface area contributed by atoms with Gasteiger partial charge in [-0.15, -0.1) is 0 Å². The largest absolute Gasteiger partial charge is 0.396 e. The number of rotatable bonds is 7. The Balaban J connectivity index is 1.96. The Labute approximate surface area is 91.6 Å². The van der Waals surface area contributed by atoms with Gasteiger partial charge >= 0.3 is 0 Å². The molecule has 0 aromatic carbocycles. The number of carbonyl (C=O) groups is 1. The highest BCUT2D eigenvalue weighted by molar-refractivity contribution is 5.75. The van der Waals surface area contributed by atoms with Gasteiger partial charge in [-0.1, -0.05) is 0 Å². The Hall–Kier alpha value is -0.610. The molecule has 0 heterocycles. The van der Waals surface area contributed by atoms with Gasteiger partial charge in [0.25, 0.3) is 0 Å². The fourth-order valence-corrected chi connectivity index (χ4v) is 1.51. The molecule has 0 saturated heterocycles. The second-order valence-electron chi connectivity index (χ2n) is 4.73. The molecule has 1 rings (SSSR count). The van der Waals surface area contributed by atoms with Crippen LogP contribution >= 0.6 is 0 Å². The molecule has 0 aromatic rings. The highest BCUT2D eigenvalue weighted by atomic mass is 16.3. The van der Waals surface area contributed by atoms with Gasteiger partial charge in [-0.05, 0) is 25.8 Å². The molecule has 1 amide bonds. The summed E-state index contributed by atoms with van der Waals surface area (Å²) in [7, 11) is 3.56. The predicted molar refractivity (Wildman–Crippen MR) is 59.6 cm³/mol. The van der Waals surface area contributed by atoms with Crippen molar-refractivity contribution >= 4 is 5.91 Å². The average molecular weight is 214 g/mol. The topological polar surface area (TPSA) is 52.6 Å². The molecule has 4 heteroatoms. The second kappa shape index (κ2) is 5.47. The Morgan fingerprint density at radius 1 is 1.47 bits per heavy atom. The van der Waals surface area contributed by atoms with Crippen molar-refractivity contribution in [1.29, 1.82) is 0 Å². The van der Waals surface area contributed by atoms with E-state index in [2.05, 4.69) is 5.32 Å². The molecule has 1 aliphatic rings. The summed E-state index contributed by atoms with van der Waals surface area (Å²) >= 11 is 0. The maximum absolute atomic E-state index is 11.2. The van der Waals surface area contributed by atoms with Gasteiger partial charge in [0.1, 0.15) is 0 Å². The Morgan fingerprint density at radius 3 is 2.60 bits per heavy atom. The third-order valence-electron chi connectivity index (χ3n) is 3.04. The van der Waals surface area contributed by atoms with Crippen molar-refractivity contribution in [3.05, 3.63) is 0 Å². The molecule has 0 unspecified atom stereocenters. The van der Waals surface area contributed by atoms with E-state index in [-0.39, 0.29) is 17.9 Å². The maximum Gasteiger partial charge on any atom is 0.222 e. The van der Waals surface area contributed by atoms with E-state index in [0.29, 0.717) is 6.42 Å². The summed E-state index contributed by atoms with van der Waals surface area (Å²) in [6.45, 7) is 2.04. The molecule has 0 radical (unpaired) electrons. The van der Waals surface area contributed by atoms with E-state index in [1.54, 1.807) is 19.0 Å². The summed E-state index contributed by atoms with van der Waals surface area (Å²) in [5.41, 5.74) is 0.172. The van der Waals surface area contributed by atoms with Crippen LogP contribution in [0, 0.1) is 5.41 Å². The summed E-state index contributed by atoms with van der Waals surface area (Å²) in [6.07, 6.45) is 3.74. The molecule has 15 heavy (non-hydrogen) atoms. The molecule has 88 valence electrons. The molecule has 1 fully saturated rings. The average Bonchev–Trinajstić information content (AvgIpc) is 2.97. The number of aliphatic hydroxyl groups excluding tert-OH is 1. The van der Waals surface area contributed by atoms with Crippen LogP contribution in [0.1, 0.15) is 25.7 Å². The van der Waals surface area contributed by atoms with Gasteiger partial charge in [0.2, 0.25) is 5.91 Å². The normalized spacial score (nSPS) is 17.5. The van der Waals surface area contributed by atoms with Crippen molar-refractivity contribution in [2.45, 2.75) is 25.7 Å². The minimum atomic E-state index is 0.172. The van der Waals surface area contributed by atoms with Crippen molar-refractivity contribution in [2.24, 2.45) is 5.41 Å². The Kier molecular flexibility index (Phi) is 4.54. The highest BCUT2D eigenvalue weighted by Gasteiger charge is 2.41. The zero-order valence-electron chi connectivity index (χ0n) is 9.75. The fourth-order valence-electron chi connectivity index (χ4n) is 1.51. The van der Waals surface area contributed by atoms with Crippen LogP contribution in [-0.4, -0.2) is 49.7 Å². The number of nitrogens with zero attached hydrogens (tertiary/aromatic N) is 1. The number of hydrogen-bond donors (Lipinski definition) is 2. The van der Waals surface area contributed by atoms with Crippen molar-refractivity contribution in [3.63, 3.8) is 0 Å². The van der Waals surface area contributed by atoms with Gasteiger partial charge in [0.05, 0.1) is 0 Å². The van der Waals surface area contributed by atoms with Crippen LogP contribution in [0.3, 0.4) is 0 Å². The van der Waals surface area contributed by atoms with E-state index < -0.39 is 0 Å². The first-order valence-electron chi connectivity index (χ1n) is 5.61.